The van der Waals surface area contributed by atoms with E-state index in [1.165, 1.54) is 56.0 Å². The largest absolute Gasteiger partial charge is 0.293 e. The van der Waals surface area contributed by atoms with Crippen molar-refractivity contribution in [2.45, 2.75) is 38.5 Å². The van der Waals surface area contributed by atoms with Crippen molar-refractivity contribution >= 4 is 40.3 Å². The van der Waals surface area contributed by atoms with Gasteiger partial charge in [-0.1, -0.05) is 68.2 Å². The maximum atomic E-state index is 13.0. The number of rotatable bonds is 4. The molecule has 1 aliphatic heterocycles. The van der Waals surface area contributed by atoms with Crippen LogP contribution in [0.3, 0.4) is 0 Å². The van der Waals surface area contributed by atoms with Gasteiger partial charge in [-0.3, -0.25) is 9.69 Å². The Morgan fingerprint density at radius 2 is 1.91 bits per heavy atom. The minimum atomic E-state index is -0.276. The van der Waals surface area contributed by atoms with Gasteiger partial charge in [-0.15, -0.1) is 0 Å². The number of nitrogens with zero attached hydrogens (tertiary/aromatic N) is 1. The molecule has 2 aliphatic rings. The molecule has 0 spiro atoms. The molecule has 1 saturated heterocycles. The highest BCUT2D eigenvalue weighted by Gasteiger charge is 2.32. The summed E-state index contributed by atoms with van der Waals surface area (Å²) in [4.78, 5) is 14.9. The van der Waals surface area contributed by atoms with E-state index in [0.29, 0.717) is 9.23 Å². The topological polar surface area (TPSA) is 20.3 Å². The second-order valence-corrected chi connectivity index (χ2v) is 7.85. The molecule has 1 heterocycles. The Kier molecular flexibility index (Phi) is 5.49. The molecule has 0 bridgehead atoms. The third-order valence-corrected chi connectivity index (χ3v) is 5.90. The van der Waals surface area contributed by atoms with Crippen LogP contribution in [-0.4, -0.2) is 21.7 Å². The zero-order valence-electron chi connectivity index (χ0n) is 13.0. The van der Waals surface area contributed by atoms with Crippen LogP contribution in [-0.2, 0) is 4.79 Å². The summed E-state index contributed by atoms with van der Waals surface area (Å²) in [5.41, 5.74) is 0.819. The summed E-state index contributed by atoms with van der Waals surface area (Å²) in [6, 6.07) is 6.14. The van der Waals surface area contributed by atoms with E-state index in [9.17, 15) is 9.18 Å². The van der Waals surface area contributed by atoms with Gasteiger partial charge in [0.1, 0.15) is 10.1 Å². The van der Waals surface area contributed by atoms with Crippen molar-refractivity contribution in [2.75, 3.05) is 6.54 Å². The number of carbonyl (C=O) groups excluding carboxylic acids is 1. The molecule has 3 rings (SSSR count). The zero-order chi connectivity index (χ0) is 16.2. The number of thioether (sulfide) groups is 1. The van der Waals surface area contributed by atoms with E-state index in [4.69, 9.17) is 12.2 Å². The fourth-order valence-electron chi connectivity index (χ4n) is 3.19. The van der Waals surface area contributed by atoms with Crippen LogP contribution in [0.5, 0.6) is 0 Å². The maximum absolute atomic E-state index is 13.0. The average molecular weight is 349 g/mol. The van der Waals surface area contributed by atoms with Gasteiger partial charge >= 0.3 is 0 Å². The molecular formula is C18H20FNOS2. The Hall–Kier alpha value is -1.20. The molecule has 0 atom stereocenters. The first kappa shape index (κ1) is 16.7. The van der Waals surface area contributed by atoms with Crippen molar-refractivity contribution in [3.63, 3.8) is 0 Å². The number of halogens is 1. The van der Waals surface area contributed by atoms with E-state index in [0.717, 1.165) is 24.4 Å². The van der Waals surface area contributed by atoms with Crippen LogP contribution in [0.25, 0.3) is 6.08 Å². The normalized spacial score (nSPS) is 21.4. The Morgan fingerprint density at radius 1 is 1.22 bits per heavy atom. The predicted molar refractivity (Wildman–Crippen MR) is 97.5 cm³/mol. The molecule has 1 aliphatic carbocycles. The van der Waals surface area contributed by atoms with Crippen LogP contribution >= 0.6 is 24.0 Å². The Balaban J connectivity index is 1.63. The van der Waals surface area contributed by atoms with Crippen molar-refractivity contribution in [1.29, 1.82) is 0 Å². The number of hydrogen-bond donors (Lipinski definition) is 0. The molecule has 2 fully saturated rings. The molecule has 0 unspecified atom stereocenters. The molecular weight excluding hydrogens is 329 g/mol. The molecule has 0 radical (unpaired) electrons. The van der Waals surface area contributed by atoms with E-state index >= 15 is 0 Å². The molecule has 0 N–H and O–H groups in total. The molecule has 1 aromatic rings. The maximum Gasteiger partial charge on any atom is 0.266 e. The van der Waals surface area contributed by atoms with Gasteiger partial charge in [0.25, 0.3) is 5.91 Å². The summed E-state index contributed by atoms with van der Waals surface area (Å²) in [5, 5.41) is 0. The van der Waals surface area contributed by atoms with E-state index in [2.05, 4.69) is 0 Å². The lowest BCUT2D eigenvalue weighted by atomic mass is 9.87. The number of carbonyl (C=O) groups is 1. The quantitative estimate of drug-likeness (QED) is 0.564. The first-order valence-corrected chi connectivity index (χ1v) is 9.37. The van der Waals surface area contributed by atoms with Gasteiger partial charge < -0.3 is 0 Å². The van der Waals surface area contributed by atoms with Crippen LogP contribution < -0.4 is 0 Å². The predicted octanol–water partition coefficient (Wildman–Crippen LogP) is 5.00. The minimum Gasteiger partial charge on any atom is -0.293 e. The second-order valence-electron chi connectivity index (χ2n) is 6.18. The number of thiocarbonyl (C=S) groups is 1. The van der Waals surface area contributed by atoms with Gasteiger partial charge in [-0.25, -0.2) is 4.39 Å². The van der Waals surface area contributed by atoms with E-state index in [1.54, 1.807) is 23.1 Å². The molecule has 1 amide bonds. The summed E-state index contributed by atoms with van der Waals surface area (Å²) < 4.78 is 13.6. The highest BCUT2D eigenvalue weighted by molar-refractivity contribution is 8.26. The van der Waals surface area contributed by atoms with Crippen LogP contribution in [0.15, 0.2) is 29.2 Å². The lowest BCUT2D eigenvalue weighted by Crippen LogP contribution is -2.30. The first-order valence-electron chi connectivity index (χ1n) is 8.14. The van der Waals surface area contributed by atoms with Gasteiger partial charge in [0.15, 0.2) is 0 Å². The molecule has 1 saturated carbocycles. The highest BCUT2D eigenvalue weighted by Crippen LogP contribution is 2.34. The van der Waals surface area contributed by atoms with Crippen molar-refractivity contribution in [2.24, 2.45) is 5.92 Å². The zero-order valence-corrected chi connectivity index (χ0v) is 14.6. The van der Waals surface area contributed by atoms with Crippen LogP contribution in [0.1, 0.15) is 44.1 Å². The molecule has 1 aromatic carbocycles. The Morgan fingerprint density at radius 3 is 2.61 bits per heavy atom. The number of benzene rings is 1. The van der Waals surface area contributed by atoms with E-state index in [1.807, 2.05) is 0 Å². The summed E-state index contributed by atoms with van der Waals surface area (Å²) in [5.74, 6) is 0.441. The van der Waals surface area contributed by atoms with Gasteiger partial charge in [0.2, 0.25) is 0 Å². The van der Waals surface area contributed by atoms with Crippen LogP contribution in [0, 0.1) is 11.7 Å². The Bertz CT molecular complexity index is 620. The standard InChI is InChI=1S/C18H20FNOS2/c19-15-8-6-14(7-9-15)12-16-17(21)20(18(22)23-16)11-10-13-4-2-1-3-5-13/h6-9,12-13H,1-5,10-11H2/b16-12-. The van der Waals surface area contributed by atoms with Crippen molar-refractivity contribution in [3.8, 4) is 0 Å². The first-order chi connectivity index (χ1) is 11.1. The third kappa shape index (κ3) is 4.21. The SMILES string of the molecule is O=C1/C(=C/c2ccc(F)cc2)SC(=S)N1CCC1CCCCC1. The lowest BCUT2D eigenvalue weighted by Gasteiger charge is -2.23. The van der Waals surface area contributed by atoms with Crippen molar-refractivity contribution in [1.82, 2.24) is 4.90 Å². The number of amides is 1. The molecule has 0 aromatic heterocycles. The van der Waals surface area contributed by atoms with Gasteiger partial charge in [0, 0.05) is 6.54 Å². The minimum absolute atomic E-state index is 0.0138. The Labute approximate surface area is 146 Å². The van der Waals surface area contributed by atoms with Gasteiger partial charge in [-0.2, -0.15) is 0 Å². The third-order valence-electron chi connectivity index (χ3n) is 4.53. The molecule has 122 valence electrons. The van der Waals surface area contributed by atoms with Gasteiger partial charge in [0.05, 0.1) is 4.91 Å². The average Bonchev–Trinajstić information content (AvgIpc) is 2.82. The molecule has 23 heavy (non-hydrogen) atoms. The van der Waals surface area contributed by atoms with Crippen LogP contribution in [0.2, 0.25) is 0 Å². The second kappa shape index (κ2) is 7.58. The molecule has 5 heteroatoms. The summed E-state index contributed by atoms with van der Waals surface area (Å²) in [6.07, 6.45) is 9.36. The fraction of sp³-hybridized carbons (Fsp3) is 0.444. The summed E-state index contributed by atoms with van der Waals surface area (Å²) in [7, 11) is 0. The van der Waals surface area contributed by atoms with E-state index < -0.39 is 0 Å². The fourth-order valence-corrected chi connectivity index (χ4v) is 4.50. The van der Waals surface area contributed by atoms with Crippen molar-refractivity contribution < 1.29 is 9.18 Å². The lowest BCUT2D eigenvalue weighted by molar-refractivity contribution is -0.122. The van der Waals surface area contributed by atoms with E-state index in [-0.39, 0.29) is 11.7 Å². The van der Waals surface area contributed by atoms with Crippen molar-refractivity contribution in [3.05, 3.63) is 40.6 Å². The monoisotopic (exact) mass is 349 g/mol. The molecule has 2 nitrogen and oxygen atoms in total. The number of hydrogen-bond acceptors (Lipinski definition) is 3. The smallest absolute Gasteiger partial charge is 0.266 e. The highest BCUT2D eigenvalue weighted by atomic mass is 32.2. The summed E-state index contributed by atoms with van der Waals surface area (Å²) >= 11 is 6.71. The summed E-state index contributed by atoms with van der Waals surface area (Å²) in [6.45, 7) is 0.718. The van der Waals surface area contributed by atoms with Crippen LogP contribution in [0.4, 0.5) is 4.39 Å². The van der Waals surface area contributed by atoms with Gasteiger partial charge in [-0.05, 0) is 36.1 Å².